The molecule has 34 heavy (non-hydrogen) atoms. The molecule has 0 radical (unpaired) electrons. The van der Waals surface area contributed by atoms with Crippen LogP contribution in [0.2, 0.25) is 0 Å². The summed E-state index contributed by atoms with van der Waals surface area (Å²) in [6, 6.07) is 2.31. The van der Waals surface area contributed by atoms with Crippen molar-refractivity contribution in [3.05, 3.63) is 30.4 Å². The Labute approximate surface area is 199 Å². The van der Waals surface area contributed by atoms with E-state index >= 15 is 0 Å². The molecule has 3 N–H and O–H groups in total. The predicted octanol–water partition coefficient (Wildman–Crippen LogP) is 2.58. The van der Waals surface area contributed by atoms with Crippen LogP contribution in [-0.2, 0) is 16.1 Å². The summed E-state index contributed by atoms with van der Waals surface area (Å²) in [5, 5.41) is 25.4. The van der Waals surface area contributed by atoms with Crippen LogP contribution >= 0.6 is 0 Å². The number of amides is 1. The summed E-state index contributed by atoms with van der Waals surface area (Å²) in [7, 11) is 1.67. The molecule has 3 aromatic heterocycles. The first-order valence-corrected chi connectivity index (χ1v) is 12.0. The SMILES string of the molecule is COC[C@H](C)Nc1ncc2c(-c3cnn(CC(=O)NC(C)C)c3)cc(C3CCC(O)CC3)n2n1. The zero-order valence-corrected chi connectivity index (χ0v) is 20.4. The number of aliphatic hydroxyl groups is 1. The fourth-order valence-corrected chi connectivity index (χ4v) is 4.59. The Morgan fingerprint density at radius 3 is 2.71 bits per heavy atom. The Balaban J connectivity index is 1.67. The number of carbonyl (C=O) groups excluding carboxylic acids is 1. The molecule has 0 bridgehead atoms. The van der Waals surface area contributed by atoms with E-state index in [2.05, 4.69) is 26.8 Å². The molecule has 4 rings (SSSR count). The van der Waals surface area contributed by atoms with Gasteiger partial charge in [0.2, 0.25) is 11.9 Å². The molecule has 0 saturated heterocycles. The van der Waals surface area contributed by atoms with E-state index in [9.17, 15) is 9.90 Å². The van der Waals surface area contributed by atoms with Gasteiger partial charge in [-0.3, -0.25) is 9.48 Å². The first-order valence-electron chi connectivity index (χ1n) is 12.0. The van der Waals surface area contributed by atoms with E-state index in [0.717, 1.165) is 48.0 Å². The van der Waals surface area contributed by atoms with Gasteiger partial charge in [-0.1, -0.05) is 0 Å². The van der Waals surface area contributed by atoms with Crippen molar-refractivity contribution in [1.29, 1.82) is 0 Å². The van der Waals surface area contributed by atoms with E-state index in [0.29, 0.717) is 18.5 Å². The molecule has 1 fully saturated rings. The Morgan fingerprint density at radius 1 is 1.24 bits per heavy atom. The Hall–Kier alpha value is -2.98. The summed E-state index contributed by atoms with van der Waals surface area (Å²) in [4.78, 5) is 16.7. The lowest BCUT2D eigenvalue weighted by Gasteiger charge is -2.25. The zero-order valence-electron chi connectivity index (χ0n) is 20.4. The summed E-state index contributed by atoms with van der Waals surface area (Å²) >= 11 is 0. The molecule has 0 aliphatic heterocycles. The summed E-state index contributed by atoms with van der Waals surface area (Å²) in [6.45, 7) is 6.61. The smallest absolute Gasteiger partial charge is 0.241 e. The molecule has 0 spiro atoms. The predicted molar refractivity (Wildman–Crippen MR) is 130 cm³/mol. The van der Waals surface area contributed by atoms with Crippen molar-refractivity contribution in [3.63, 3.8) is 0 Å². The fourth-order valence-electron chi connectivity index (χ4n) is 4.59. The number of anilines is 1. The van der Waals surface area contributed by atoms with Crippen molar-refractivity contribution < 1.29 is 14.6 Å². The maximum Gasteiger partial charge on any atom is 0.241 e. The second kappa shape index (κ2) is 10.5. The molecule has 0 unspecified atom stereocenters. The van der Waals surface area contributed by atoms with Crippen LogP contribution in [-0.4, -0.2) is 67.3 Å². The third kappa shape index (κ3) is 5.56. The number of fused-ring (bicyclic) bond motifs is 1. The topological polar surface area (TPSA) is 119 Å². The highest BCUT2D eigenvalue weighted by Gasteiger charge is 2.26. The number of rotatable bonds is 9. The lowest BCUT2D eigenvalue weighted by molar-refractivity contribution is -0.122. The number of nitrogens with zero attached hydrogens (tertiary/aromatic N) is 5. The zero-order chi connectivity index (χ0) is 24.2. The third-order valence-electron chi connectivity index (χ3n) is 6.15. The first kappa shape index (κ1) is 24.2. The van der Waals surface area contributed by atoms with Crippen molar-refractivity contribution in [2.45, 2.75) is 77.1 Å². The first-order chi connectivity index (χ1) is 16.3. The summed E-state index contributed by atoms with van der Waals surface area (Å²) in [5.74, 6) is 0.769. The van der Waals surface area contributed by atoms with E-state index in [4.69, 9.17) is 9.84 Å². The molecule has 1 saturated carbocycles. The average molecular weight is 470 g/mol. The standard InChI is InChI=1S/C24H35N7O3/c1-15(2)27-23(33)13-30-12-18(10-26-30)20-9-21(17-5-7-19(32)8-6-17)31-22(20)11-25-24(29-31)28-16(3)14-34-4/h9-12,15-17,19,32H,5-8,13-14H2,1-4H3,(H,27,33)(H,28,29)/t16-,17?,19?/m0/s1. The molecule has 10 nitrogen and oxygen atoms in total. The number of nitrogens with one attached hydrogen (secondary N) is 2. The van der Waals surface area contributed by atoms with E-state index < -0.39 is 0 Å². The van der Waals surface area contributed by atoms with E-state index in [1.54, 1.807) is 18.0 Å². The van der Waals surface area contributed by atoms with Gasteiger partial charge in [-0.15, -0.1) is 5.10 Å². The van der Waals surface area contributed by atoms with Crippen LogP contribution in [0.1, 0.15) is 58.1 Å². The van der Waals surface area contributed by atoms with Gasteiger partial charge in [0.15, 0.2) is 0 Å². The quantitative estimate of drug-likeness (QED) is 0.441. The average Bonchev–Trinajstić information content (AvgIpc) is 3.38. The molecule has 1 atom stereocenters. The normalized spacial score (nSPS) is 19.5. The lowest BCUT2D eigenvalue weighted by Crippen LogP contribution is -2.33. The second-order valence-electron chi connectivity index (χ2n) is 9.52. The number of methoxy groups -OCH3 is 1. The van der Waals surface area contributed by atoms with Crippen LogP contribution < -0.4 is 10.6 Å². The monoisotopic (exact) mass is 469 g/mol. The van der Waals surface area contributed by atoms with E-state index in [-0.39, 0.29) is 30.6 Å². The van der Waals surface area contributed by atoms with Gasteiger partial charge < -0.3 is 20.5 Å². The minimum atomic E-state index is -0.223. The van der Waals surface area contributed by atoms with Crippen LogP contribution in [0.4, 0.5) is 5.95 Å². The van der Waals surface area contributed by atoms with Crippen LogP contribution in [0.25, 0.3) is 16.6 Å². The number of aliphatic hydroxyl groups excluding tert-OH is 1. The molecular formula is C24H35N7O3. The van der Waals surface area contributed by atoms with E-state index in [1.165, 1.54) is 0 Å². The third-order valence-corrected chi connectivity index (χ3v) is 6.15. The van der Waals surface area contributed by atoms with Crippen molar-refractivity contribution in [2.24, 2.45) is 0 Å². The fraction of sp³-hybridized carbons (Fsp3) is 0.583. The van der Waals surface area contributed by atoms with Gasteiger partial charge in [-0.05, 0) is 52.5 Å². The van der Waals surface area contributed by atoms with Crippen LogP contribution in [0.3, 0.4) is 0 Å². The second-order valence-corrected chi connectivity index (χ2v) is 9.52. The van der Waals surface area contributed by atoms with Gasteiger partial charge in [0.05, 0.1) is 30.6 Å². The molecule has 0 aromatic carbocycles. The molecule has 3 aromatic rings. The number of hydrogen-bond donors (Lipinski definition) is 3. The van der Waals surface area contributed by atoms with Gasteiger partial charge in [-0.25, -0.2) is 9.50 Å². The van der Waals surface area contributed by atoms with Crippen LogP contribution in [0.5, 0.6) is 0 Å². The molecule has 3 heterocycles. The summed E-state index contributed by atoms with van der Waals surface area (Å²) < 4.78 is 8.84. The van der Waals surface area contributed by atoms with Crippen molar-refractivity contribution in [2.75, 3.05) is 19.0 Å². The number of ether oxygens (including phenoxy) is 1. The Kier molecular flexibility index (Phi) is 7.47. The molecule has 184 valence electrons. The molecule has 1 aliphatic rings. The van der Waals surface area contributed by atoms with E-state index in [1.807, 2.05) is 37.7 Å². The van der Waals surface area contributed by atoms with Gasteiger partial charge >= 0.3 is 0 Å². The number of hydrogen-bond acceptors (Lipinski definition) is 7. The summed E-state index contributed by atoms with van der Waals surface area (Å²) in [5.41, 5.74) is 3.88. The van der Waals surface area contributed by atoms with Crippen molar-refractivity contribution in [3.8, 4) is 11.1 Å². The number of aromatic nitrogens is 5. The highest BCUT2D eigenvalue weighted by atomic mass is 16.5. The highest BCUT2D eigenvalue weighted by molar-refractivity contribution is 5.81. The van der Waals surface area contributed by atoms with Gasteiger partial charge in [0.25, 0.3) is 0 Å². The molecule has 1 amide bonds. The number of carbonyl (C=O) groups is 1. The van der Waals surface area contributed by atoms with Crippen molar-refractivity contribution >= 4 is 17.4 Å². The molecule has 1 aliphatic carbocycles. The Bertz CT molecular complexity index is 1120. The minimum absolute atomic E-state index is 0.0703. The maximum absolute atomic E-state index is 12.2. The van der Waals surface area contributed by atoms with Crippen LogP contribution in [0, 0.1) is 0 Å². The van der Waals surface area contributed by atoms with Crippen molar-refractivity contribution in [1.82, 2.24) is 29.7 Å². The summed E-state index contributed by atoms with van der Waals surface area (Å²) in [6.07, 6.45) is 8.67. The van der Waals surface area contributed by atoms with Crippen LogP contribution in [0.15, 0.2) is 24.7 Å². The largest absolute Gasteiger partial charge is 0.393 e. The highest BCUT2D eigenvalue weighted by Crippen LogP contribution is 2.37. The molecular weight excluding hydrogens is 434 g/mol. The minimum Gasteiger partial charge on any atom is -0.393 e. The maximum atomic E-state index is 12.2. The van der Waals surface area contributed by atoms with Gasteiger partial charge in [0, 0.05) is 48.1 Å². The Morgan fingerprint density at radius 2 is 2.00 bits per heavy atom. The molecule has 10 heteroatoms. The lowest BCUT2D eigenvalue weighted by atomic mass is 9.85. The van der Waals surface area contributed by atoms with Gasteiger partial charge in [-0.2, -0.15) is 5.10 Å². The van der Waals surface area contributed by atoms with Gasteiger partial charge in [0.1, 0.15) is 6.54 Å².